The van der Waals surface area contributed by atoms with Crippen LogP contribution in [0.25, 0.3) is 10.9 Å². The van der Waals surface area contributed by atoms with E-state index < -0.39 is 5.54 Å². The van der Waals surface area contributed by atoms with Crippen molar-refractivity contribution in [1.82, 2.24) is 14.5 Å². The number of pyridine rings is 1. The van der Waals surface area contributed by atoms with Crippen LogP contribution >= 0.6 is 0 Å². The largest absolute Gasteiger partial charge is 0.382 e. The van der Waals surface area contributed by atoms with Crippen molar-refractivity contribution >= 4 is 22.3 Å². The van der Waals surface area contributed by atoms with E-state index in [0.29, 0.717) is 18.6 Å². The van der Waals surface area contributed by atoms with Gasteiger partial charge in [-0.25, -0.2) is 0 Å². The summed E-state index contributed by atoms with van der Waals surface area (Å²) in [5, 5.41) is 8.40. The summed E-state index contributed by atoms with van der Waals surface area (Å²) in [5.74, 6) is 6.70. The Morgan fingerprint density at radius 3 is 2.59 bits per heavy atom. The normalized spacial score (nSPS) is 15.4. The zero-order valence-corrected chi connectivity index (χ0v) is 21.2. The van der Waals surface area contributed by atoms with Gasteiger partial charge in [-0.05, 0) is 96.9 Å². The summed E-state index contributed by atoms with van der Waals surface area (Å²) in [6, 6.07) is 13.6. The monoisotopic (exact) mass is 458 g/mol. The molecular formula is C28H38N6. The van der Waals surface area contributed by atoms with Crippen molar-refractivity contribution < 1.29 is 0 Å². The lowest BCUT2D eigenvalue weighted by molar-refractivity contribution is 0.264. The van der Waals surface area contributed by atoms with E-state index in [0.717, 1.165) is 30.2 Å². The molecule has 4 rings (SSSR count). The van der Waals surface area contributed by atoms with E-state index in [4.69, 9.17) is 5.73 Å². The molecule has 0 atom stereocenters. The minimum absolute atomic E-state index is 0.324. The molecule has 1 aliphatic rings. The predicted octanol–water partition coefficient (Wildman–Crippen LogP) is 4.78. The third kappa shape index (κ3) is 5.55. The second-order valence-electron chi connectivity index (χ2n) is 10.3. The van der Waals surface area contributed by atoms with Crippen molar-refractivity contribution in [3.05, 3.63) is 54.0 Å². The Morgan fingerprint density at radius 2 is 1.94 bits per heavy atom. The number of nitrogens with one attached hydrogen (secondary N) is 2. The molecule has 1 saturated heterocycles. The molecule has 2 aromatic heterocycles. The van der Waals surface area contributed by atoms with E-state index in [1.807, 2.05) is 32.2 Å². The number of nitrogens with two attached hydrogens (primary N) is 1. The van der Waals surface area contributed by atoms with Gasteiger partial charge in [-0.2, -0.15) is 0 Å². The van der Waals surface area contributed by atoms with Gasteiger partial charge in [0.15, 0.2) is 0 Å². The van der Waals surface area contributed by atoms with Crippen molar-refractivity contribution in [2.45, 2.75) is 58.2 Å². The van der Waals surface area contributed by atoms with Crippen LogP contribution in [-0.2, 0) is 5.54 Å². The number of anilines is 2. The first kappa shape index (κ1) is 24.1. The van der Waals surface area contributed by atoms with Gasteiger partial charge in [0.05, 0.1) is 40.9 Å². The van der Waals surface area contributed by atoms with Gasteiger partial charge < -0.3 is 25.8 Å². The zero-order valence-electron chi connectivity index (χ0n) is 21.2. The topological polar surface area (TPSA) is 71.1 Å². The lowest BCUT2D eigenvalue weighted by Gasteiger charge is -2.30. The smallest absolute Gasteiger partial charge is 0.0934 e. The van der Waals surface area contributed by atoms with Crippen LogP contribution in [0.4, 0.5) is 11.4 Å². The highest BCUT2D eigenvalue weighted by Gasteiger charge is 2.19. The molecule has 4 N–H and O–H groups in total. The van der Waals surface area contributed by atoms with Crippen LogP contribution < -0.4 is 16.4 Å². The summed E-state index contributed by atoms with van der Waals surface area (Å²) >= 11 is 0. The van der Waals surface area contributed by atoms with Gasteiger partial charge in [0.1, 0.15) is 0 Å². The summed E-state index contributed by atoms with van der Waals surface area (Å²) < 4.78 is 2.34. The Morgan fingerprint density at radius 1 is 1.18 bits per heavy atom. The minimum atomic E-state index is -0.441. The molecule has 6 heteroatoms. The van der Waals surface area contributed by atoms with Crippen LogP contribution in [0, 0.1) is 11.8 Å². The second kappa shape index (κ2) is 10.1. The second-order valence-corrected chi connectivity index (χ2v) is 10.3. The number of benzene rings is 1. The molecule has 34 heavy (non-hydrogen) atoms. The summed E-state index contributed by atoms with van der Waals surface area (Å²) in [6.07, 6.45) is 4.17. The minimum Gasteiger partial charge on any atom is -0.382 e. The fourth-order valence-corrected chi connectivity index (χ4v) is 4.56. The van der Waals surface area contributed by atoms with Crippen molar-refractivity contribution in [1.29, 1.82) is 0 Å². The number of nitrogens with zero attached hydrogens (tertiary/aromatic N) is 3. The van der Waals surface area contributed by atoms with Crippen LogP contribution in [0.2, 0.25) is 0 Å². The molecule has 0 unspecified atom stereocenters. The summed E-state index contributed by atoms with van der Waals surface area (Å²) in [7, 11) is 2.20. The van der Waals surface area contributed by atoms with E-state index in [1.165, 1.54) is 29.4 Å². The molecule has 0 aliphatic carbocycles. The fraction of sp³-hybridized carbons (Fsp3) is 0.464. The zero-order chi connectivity index (χ0) is 24.3. The average molecular weight is 459 g/mol. The summed E-state index contributed by atoms with van der Waals surface area (Å²) in [6.45, 7) is 11.2. The Bertz CT molecular complexity index is 1170. The van der Waals surface area contributed by atoms with Crippen LogP contribution in [-0.4, -0.2) is 47.2 Å². The molecule has 0 radical (unpaired) electrons. The van der Waals surface area contributed by atoms with E-state index in [1.54, 1.807) is 0 Å². The molecule has 1 aromatic carbocycles. The maximum Gasteiger partial charge on any atom is 0.0934 e. The Kier molecular flexibility index (Phi) is 7.16. The third-order valence-corrected chi connectivity index (χ3v) is 6.50. The number of aromatic nitrogens is 2. The van der Waals surface area contributed by atoms with E-state index >= 15 is 0 Å². The molecule has 0 amide bonds. The fourth-order valence-electron chi connectivity index (χ4n) is 4.56. The van der Waals surface area contributed by atoms with Crippen LogP contribution in [0.15, 0.2) is 42.6 Å². The van der Waals surface area contributed by atoms with Gasteiger partial charge in [-0.3, -0.25) is 4.98 Å². The van der Waals surface area contributed by atoms with Gasteiger partial charge in [0.2, 0.25) is 0 Å². The number of likely N-dealkylation sites (tertiary alicyclic amines) is 1. The highest BCUT2D eigenvalue weighted by molar-refractivity contribution is 5.94. The highest BCUT2D eigenvalue weighted by Crippen LogP contribution is 2.31. The lowest BCUT2D eigenvalue weighted by atomic mass is 10.0. The van der Waals surface area contributed by atoms with Gasteiger partial charge in [0, 0.05) is 23.2 Å². The molecular weight excluding hydrogens is 420 g/mol. The molecule has 180 valence electrons. The van der Waals surface area contributed by atoms with Crippen LogP contribution in [0.3, 0.4) is 0 Å². The Labute approximate surface area is 203 Å². The molecule has 3 heterocycles. The molecule has 1 aliphatic heterocycles. The molecule has 3 aromatic rings. The van der Waals surface area contributed by atoms with Crippen LogP contribution in [0.5, 0.6) is 0 Å². The standard InChI is InChI=1S/C28H38N6/c1-20(2)34-23(8-7-15-30-22-11-12-27(31-19-22)28(3,4)29)18-24-25(9-6-10-26(24)34)32-21-13-16-33(5)17-14-21/h6,9-12,18-21,30,32H,13-17,29H2,1-5H3. The average Bonchev–Trinajstić information content (AvgIpc) is 3.18. The quantitative estimate of drug-likeness (QED) is 0.464. The number of hydrogen-bond acceptors (Lipinski definition) is 5. The molecule has 0 bridgehead atoms. The van der Waals surface area contributed by atoms with Crippen molar-refractivity contribution in [3.8, 4) is 11.8 Å². The molecule has 1 fully saturated rings. The highest BCUT2D eigenvalue weighted by atomic mass is 15.1. The van der Waals surface area contributed by atoms with Crippen molar-refractivity contribution in [3.63, 3.8) is 0 Å². The maximum atomic E-state index is 6.12. The summed E-state index contributed by atoms with van der Waals surface area (Å²) in [5.41, 5.74) is 11.0. The predicted molar refractivity (Wildman–Crippen MR) is 143 cm³/mol. The van der Waals surface area contributed by atoms with Gasteiger partial charge in [0.25, 0.3) is 0 Å². The number of fused-ring (bicyclic) bond motifs is 1. The Hall–Kier alpha value is -3.01. The lowest BCUT2D eigenvalue weighted by Crippen LogP contribution is -2.36. The van der Waals surface area contributed by atoms with Gasteiger partial charge in [-0.1, -0.05) is 12.0 Å². The van der Waals surface area contributed by atoms with E-state index in [2.05, 4.69) is 82.1 Å². The third-order valence-electron chi connectivity index (χ3n) is 6.50. The SMILES string of the molecule is CC(C)n1c(C#CCNc2ccc(C(C)(C)N)nc2)cc2c(NC3CCN(C)CC3)cccc21. The molecule has 0 spiro atoms. The van der Waals surface area contributed by atoms with Gasteiger partial charge in [-0.15, -0.1) is 0 Å². The van der Waals surface area contributed by atoms with Crippen LogP contribution in [0.1, 0.15) is 58.0 Å². The molecule has 6 nitrogen and oxygen atoms in total. The number of hydrogen-bond donors (Lipinski definition) is 3. The first-order valence-electron chi connectivity index (χ1n) is 12.3. The molecule has 0 saturated carbocycles. The number of rotatable bonds is 6. The van der Waals surface area contributed by atoms with Crippen molar-refractivity contribution in [2.75, 3.05) is 37.3 Å². The van der Waals surface area contributed by atoms with Crippen molar-refractivity contribution in [2.24, 2.45) is 5.73 Å². The first-order valence-corrected chi connectivity index (χ1v) is 12.3. The maximum absolute atomic E-state index is 6.12. The van der Waals surface area contributed by atoms with E-state index in [9.17, 15) is 0 Å². The number of piperidine rings is 1. The first-order chi connectivity index (χ1) is 16.2. The summed E-state index contributed by atoms with van der Waals surface area (Å²) in [4.78, 5) is 6.87. The van der Waals surface area contributed by atoms with Gasteiger partial charge >= 0.3 is 0 Å². The Balaban J connectivity index is 1.51. The van der Waals surface area contributed by atoms with E-state index in [-0.39, 0.29) is 0 Å².